The van der Waals surface area contributed by atoms with Crippen molar-refractivity contribution in [1.29, 1.82) is 0 Å². The van der Waals surface area contributed by atoms with E-state index in [1.165, 1.54) is 11.1 Å². The smallest absolute Gasteiger partial charge is 0.191 e. The van der Waals surface area contributed by atoms with Crippen molar-refractivity contribution >= 4 is 29.9 Å². The van der Waals surface area contributed by atoms with E-state index < -0.39 is 0 Å². The molecule has 2 rings (SSSR count). The Hall–Kier alpha value is -1.57. The second-order valence-electron chi connectivity index (χ2n) is 6.49. The second kappa shape index (κ2) is 10.4. The quantitative estimate of drug-likeness (QED) is 0.389. The summed E-state index contributed by atoms with van der Waals surface area (Å²) in [5.74, 6) is 2.35. The zero-order valence-corrected chi connectivity index (χ0v) is 18.0. The molecule has 6 heteroatoms. The largest absolute Gasteiger partial charge is 0.359 e. The zero-order valence-electron chi connectivity index (χ0n) is 15.7. The summed E-state index contributed by atoms with van der Waals surface area (Å²) >= 11 is 0. The monoisotopic (exact) mass is 456 g/mol. The summed E-state index contributed by atoms with van der Waals surface area (Å²) in [6, 6.07) is 10.6. The van der Waals surface area contributed by atoms with Crippen LogP contribution >= 0.6 is 24.0 Å². The van der Waals surface area contributed by atoms with E-state index in [4.69, 9.17) is 4.52 Å². The lowest BCUT2D eigenvalue weighted by atomic mass is 9.99. The van der Waals surface area contributed by atoms with Gasteiger partial charge in [0.2, 0.25) is 0 Å². The molecule has 0 fully saturated rings. The van der Waals surface area contributed by atoms with E-state index in [9.17, 15) is 0 Å². The van der Waals surface area contributed by atoms with E-state index in [2.05, 4.69) is 72.7 Å². The summed E-state index contributed by atoms with van der Waals surface area (Å²) in [6.07, 6.45) is 0. The molecule has 0 saturated carbocycles. The highest BCUT2D eigenvalue weighted by molar-refractivity contribution is 14.0. The van der Waals surface area contributed by atoms with Gasteiger partial charge in [0.05, 0.1) is 12.2 Å². The third-order valence-corrected chi connectivity index (χ3v) is 4.01. The first kappa shape index (κ1) is 21.5. The number of aliphatic imine (C=N–C) groups is 1. The van der Waals surface area contributed by atoms with Gasteiger partial charge in [0.15, 0.2) is 11.7 Å². The van der Waals surface area contributed by atoms with Crippen LogP contribution in [-0.4, -0.2) is 24.7 Å². The molecule has 0 bridgehead atoms. The topological polar surface area (TPSA) is 62.5 Å². The summed E-state index contributed by atoms with van der Waals surface area (Å²) < 4.78 is 5.33. The van der Waals surface area contributed by atoms with Gasteiger partial charge in [-0.2, -0.15) is 0 Å². The van der Waals surface area contributed by atoms with Gasteiger partial charge in [0.25, 0.3) is 0 Å². The lowest BCUT2D eigenvalue weighted by molar-refractivity contribution is 0.372. The van der Waals surface area contributed by atoms with E-state index in [0.717, 1.165) is 24.0 Å². The fourth-order valence-corrected chi connectivity index (χ4v) is 2.42. The van der Waals surface area contributed by atoms with Gasteiger partial charge in [-0.05, 0) is 24.3 Å². The van der Waals surface area contributed by atoms with Gasteiger partial charge >= 0.3 is 0 Å². The maximum Gasteiger partial charge on any atom is 0.191 e. The molecule has 5 nitrogen and oxygen atoms in total. The summed E-state index contributed by atoms with van der Waals surface area (Å²) in [5.41, 5.74) is 3.59. The van der Waals surface area contributed by atoms with Crippen LogP contribution < -0.4 is 10.6 Å². The minimum atomic E-state index is 0. The summed E-state index contributed by atoms with van der Waals surface area (Å²) in [7, 11) is 1.77. The number of nitrogens with one attached hydrogen (secondary N) is 2. The average molecular weight is 456 g/mol. The average Bonchev–Trinajstić information content (AvgIpc) is 3.04. The fraction of sp³-hybridized carbons (Fsp3) is 0.474. The Balaban J connectivity index is 0.00000312. The molecular weight excluding hydrogens is 427 g/mol. The van der Waals surface area contributed by atoms with Gasteiger partial charge in [-0.1, -0.05) is 55.8 Å². The van der Waals surface area contributed by atoms with Crippen molar-refractivity contribution in [3.63, 3.8) is 0 Å². The first-order valence-electron chi connectivity index (χ1n) is 8.46. The summed E-state index contributed by atoms with van der Waals surface area (Å²) in [6.45, 7) is 9.91. The molecule has 1 unspecified atom stereocenters. The molecule has 0 saturated heterocycles. The van der Waals surface area contributed by atoms with Gasteiger partial charge in [-0.25, -0.2) is 0 Å². The minimum Gasteiger partial charge on any atom is -0.359 e. The SMILES string of the molecule is CN=C(NCc1cc(C(C)C)no1)NCC(C)c1cccc(C)c1.I. The van der Waals surface area contributed by atoms with E-state index in [0.29, 0.717) is 18.4 Å². The molecule has 138 valence electrons. The van der Waals surface area contributed by atoms with Crippen molar-refractivity contribution in [2.24, 2.45) is 4.99 Å². The third kappa shape index (κ3) is 6.68. The molecule has 0 radical (unpaired) electrons. The molecule has 1 aromatic heterocycles. The van der Waals surface area contributed by atoms with Crippen LogP contribution in [0.4, 0.5) is 0 Å². The van der Waals surface area contributed by atoms with Crippen molar-refractivity contribution in [1.82, 2.24) is 15.8 Å². The van der Waals surface area contributed by atoms with E-state index >= 15 is 0 Å². The highest BCUT2D eigenvalue weighted by Gasteiger charge is 2.09. The molecule has 1 atom stereocenters. The van der Waals surface area contributed by atoms with Crippen molar-refractivity contribution in [2.75, 3.05) is 13.6 Å². The lowest BCUT2D eigenvalue weighted by Gasteiger charge is -2.16. The predicted molar refractivity (Wildman–Crippen MR) is 114 cm³/mol. The normalized spacial score (nSPS) is 12.6. The highest BCUT2D eigenvalue weighted by Crippen LogP contribution is 2.15. The maximum atomic E-state index is 5.33. The Morgan fingerprint density at radius 2 is 1.96 bits per heavy atom. The van der Waals surface area contributed by atoms with Crippen LogP contribution in [0.2, 0.25) is 0 Å². The Morgan fingerprint density at radius 1 is 1.20 bits per heavy atom. The number of benzene rings is 1. The number of halogens is 1. The van der Waals surface area contributed by atoms with Crippen molar-refractivity contribution in [3.05, 3.63) is 52.9 Å². The second-order valence-corrected chi connectivity index (χ2v) is 6.49. The Bertz CT molecular complexity index is 682. The predicted octanol–water partition coefficient (Wildman–Crippen LogP) is 4.19. The highest BCUT2D eigenvalue weighted by atomic mass is 127. The van der Waals surface area contributed by atoms with Gasteiger partial charge < -0.3 is 15.2 Å². The van der Waals surface area contributed by atoms with Crippen LogP contribution in [-0.2, 0) is 6.54 Å². The number of nitrogens with zero attached hydrogens (tertiary/aromatic N) is 2. The maximum absolute atomic E-state index is 5.33. The van der Waals surface area contributed by atoms with Crippen LogP contribution in [0, 0.1) is 6.92 Å². The number of aromatic nitrogens is 1. The Morgan fingerprint density at radius 3 is 2.56 bits per heavy atom. The molecule has 2 aromatic rings. The number of guanidine groups is 1. The number of rotatable bonds is 6. The van der Waals surface area contributed by atoms with Gasteiger partial charge in [0.1, 0.15) is 0 Å². The molecular formula is C19H29IN4O. The molecule has 0 aliphatic carbocycles. The first-order valence-corrected chi connectivity index (χ1v) is 8.46. The molecule has 1 heterocycles. The third-order valence-electron chi connectivity index (χ3n) is 4.01. The fourth-order valence-electron chi connectivity index (χ4n) is 2.42. The first-order chi connectivity index (χ1) is 11.5. The van der Waals surface area contributed by atoms with Crippen molar-refractivity contribution < 1.29 is 4.52 Å². The van der Waals surface area contributed by atoms with Crippen LogP contribution in [0.1, 0.15) is 55.2 Å². The van der Waals surface area contributed by atoms with Crippen molar-refractivity contribution in [3.8, 4) is 0 Å². The number of aryl methyl sites for hydroxylation is 1. The van der Waals surface area contributed by atoms with Gasteiger partial charge in [0, 0.05) is 19.7 Å². The molecule has 25 heavy (non-hydrogen) atoms. The van der Waals surface area contributed by atoms with Crippen molar-refractivity contribution in [2.45, 2.75) is 46.1 Å². The van der Waals surface area contributed by atoms with Crippen LogP contribution in [0.25, 0.3) is 0 Å². The number of hydrogen-bond donors (Lipinski definition) is 2. The molecule has 2 N–H and O–H groups in total. The minimum absolute atomic E-state index is 0. The number of hydrogen-bond acceptors (Lipinski definition) is 3. The molecule has 0 aliphatic heterocycles. The van der Waals surface area contributed by atoms with E-state index in [-0.39, 0.29) is 24.0 Å². The lowest BCUT2D eigenvalue weighted by Crippen LogP contribution is -2.38. The van der Waals surface area contributed by atoms with Crippen LogP contribution in [0.3, 0.4) is 0 Å². The Labute approximate surface area is 167 Å². The zero-order chi connectivity index (χ0) is 17.5. The standard InChI is InChI=1S/C19H28N4O.HI/c1-13(2)18-10-17(24-23-18)12-22-19(20-5)21-11-15(4)16-8-6-7-14(3)9-16;/h6-10,13,15H,11-12H2,1-5H3,(H2,20,21,22);1H. The molecule has 1 aromatic carbocycles. The van der Waals surface area contributed by atoms with Crippen LogP contribution in [0.5, 0.6) is 0 Å². The van der Waals surface area contributed by atoms with Gasteiger partial charge in [-0.3, -0.25) is 4.99 Å². The molecule has 0 aliphatic rings. The van der Waals surface area contributed by atoms with Crippen LogP contribution in [0.15, 0.2) is 39.8 Å². The van der Waals surface area contributed by atoms with E-state index in [1.807, 2.05) is 6.07 Å². The Kier molecular flexibility index (Phi) is 8.96. The van der Waals surface area contributed by atoms with E-state index in [1.54, 1.807) is 7.05 Å². The summed E-state index contributed by atoms with van der Waals surface area (Å²) in [5, 5.41) is 10.7. The molecule has 0 amide bonds. The molecule has 0 spiro atoms. The van der Waals surface area contributed by atoms with Gasteiger partial charge in [-0.15, -0.1) is 24.0 Å². The summed E-state index contributed by atoms with van der Waals surface area (Å²) in [4.78, 5) is 4.26.